The first-order valence-electron chi connectivity index (χ1n) is 6.37. The van der Waals surface area contributed by atoms with Gasteiger partial charge in [-0.15, -0.1) is 6.42 Å². The number of hydrogen-bond donors (Lipinski definition) is 1. The van der Waals surface area contributed by atoms with Crippen LogP contribution in [0.4, 0.5) is 0 Å². The van der Waals surface area contributed by atoms with Gasteiger partial charge in [0.25, 0.3) is 0 Å². The fraction of sp³-hybridized carbons (Fsp3) is 0.0556. The first kappa shape index (κ1) is 14.4. The second kappa shape index (κ2) is 6.97. The fourth-order valence-corrected chi connectivity index (χ4v) is 1.76. The quantitative estimate of drug-likeness (QED) is 0.518. The van der Waals surface area contributed by atoms with Gasteiger partial charge in [0, 0.05) is 6.07 Å². The molecule has 0 spiro atoms. The van der Waals surface area contributed by atoms with Gasteiger partial charge in [-0.25, -0.2) is 0 Å². The number of allylic oxidation sites excluding steroid dienone is 1. The highest BCUT2D eigenvalue weighted by atomic mass is 16.5. The molecule has 0 aliphatic rings. The van der Waals surface area contributed by atoms with Gasteiger partial charge in [0.15, 0.2) is 5.78 Å². The van der Waals surface area contributed by atoms with Crippen molar-refractivity contribution in [2.24, 2.45) is 0 Å². The standard InChI is InChI=1S/C18H14O3/c1-2-12-21-15-9-10-16(18(20)13-15)17(19)11-8-14-6-4-3-5-7-14/h1,3-11,13,20H,12H2. The van der Waals surface area contributed by atoms with E-state index in [1.807, 2.05) is 30.3 Å². The van der Waals surface area contributed by atoms with Crippen molar-refractivity contribution in [3.63, 3.8) is 0 Å². The Hall–Kier alpha value is -2.99. The van der Waals surface area contributed by atoms with Crippen molar-refractivity contribution in [3.8, 4) is 23.8 Å². The van der Waals surface area contributed by atoms with Crippen molar-refractivity contribution in [1.82, 2.24) is 0 Å². The van der Waals surface area contributed by atoms with Crippen molar-refractivity contribution in [3.05, 3.63) is 65.7 Å². The van der Waals surface area contributed by atoms with E-state index in [1.54, 1.807) is 12.1 Å². The average molecular weight is 278 g/mol. The zero-order valence-electron chi connectivity index (χ0n) is 11.3. The van der Waals surface area contributed by atoms with Crippen LogP contribution in [-0.2, 0) is 0 Å². The topological polar surface area (TPSA) is 46.5 Å². The summed E-state index contributed by atoms with van der Waals surface area (Å²) in [4.78, 5) is 12.0. The molecule has 21 heavy (non-hydrogen) atoms. The van der Waals surface area contributed by atoms with E-state index < -0.39 is 0 Å². The van der Waals surface area contributed by atoms with Gasteiger partial charge in [0.05, 0.1) is 5.56 Å². The van der Waals surface area contributed by atoms with Gasteiger partial charge in [0.2, 0.25) is 0 Å². The van der Waals surface area contributed by atoms with Gasteiger partial charge in [-0.3, -0.25) is 4.79 Å². The van der Waals surface area contributed by atoms with Crippen LogP contribution in [0.5, 0.6) is 11.5 Å². The minimum Gasteiger partial charge on any atom is -0.507 e. The number of carbonyl (C=O) groups is 1. The van der Waals surface area contributed by atoms with Crippen LogP contribution in [-0.4, -0.2) is 17.5 Å². The number of hydrogen-bond acceptors (Lipinski definition) is 3. The molecule has 2 aromatic rings. The number of phenols is 1. The SMILES string of the molecule is C#CCOc1ccc(C(=O)C=Cc2ccccc2)c(O)c1. The van der Waals surface area contributed by atoms with E-state index in [4.69, 9.17) is 11.2 Å². The molecule has 0 bridgehead atoms. The van der Waals surface area contributed by atoms with E-state index in [0.29, 0.717) is 5.75 Å². The van der Waals surface area contributed by atoms with E-state index in [0.717, 1.165) is 5.56 Å². The van der Waals surface area contributed by atoms with Crippen LogP contribution in [0, 0.1) is 12.3 Å². The summed E-state index contributed by atoms with van der Waals surface area (Å²) in [5, 5.41) is 9.87. The molecule has 104 valence electrons. The Morgan fingerprint density at radius 2 is 2.00 bits per heavy atom. The summed E-state index contributed by atoms with van der Waals surface area (Å²) < 4.78 is 5.17. The lowest BCUT2D eigenvalue weighted by Crippen LogP contribution is -1.97. The molecule has 0 atom stereocenters. The molecular formula is C18H14O3. The minimum atomic E-state index is -0.278. The first-order chi connectivity index (χ1) is 10.2. The Kier molecular flexibility index (Phi) is 4.79. The highest BCUT2D eigenvalue weighted by Crippen LogP contribution is 2.24. The lowest BCUT2D eigenvalue weighted by atomic mass is 10.1. The largest absolute Gasteiger partial charge is 0.507 e. The average Bonchev–Trinajstić information content (AvgIpc) is 2.51. The number of terminal acetylenes is 1. The highest BCUT2D eigenvalue weighted by molar-refractivity contribution is 6.08. The van der Waals surface area contributed by atoms with Crippen LogP contribution in [0.2, 0.25) is 0 Å². The Labute approximate surface area is 123 Å². The Bertz CT molecular complexity index is 694. The molecule has 3 heteroatoms. The Balaban J connectivity index is 2.13. The molecule has 2 rings (SSSR count). The number of benzene rings is 2. The first-order valence-corrected chi connectivity index (χ1v) is 6.37. The van der Waals surface area contributed by atoms with Crippen molar-refractivity contribution >= 4 is 11.9 Å². The molecule has 0 amide bonds. The summed E-state index contributed by atoms with van der Waals surface area (Å²) in [6.45, 7) is 0.112. The molecule has 0 radical (unpaired) electrons. The second-order valence-electron chi connectivity index (χ2n) is 4.28. The Morgan fingerprint density at radius 3 is 2.67 bits per heavy atom. The molecule has 0 saturated heterocycles. The molecule has 3 nitrogen and oxygen atoms in total. The van der Waals surface area contributed by atoms with Crippen LogP contribution in [0.3, 0.4) is 0 Å². The number of rotatable bonds is 5. The third kappa shape index (κ3) is 3.99. The molecule has 0 fully saturated rings. The summed E-state index contributed by atoms with van der Waals surface area (Å²) in [6, 6.07) is 13.9. The molecule has 0 heterocycles. The summed E-state index contributed by atoms with van der Waals surface area (Å²) >= 11 is 0. The molecule has 1 N–H and O–H groups in total. The van der Waals surface area contributed by atoms with Gasteiger partial charge in [-0.05, 0) is 23.8 Å². The summed E-state index contributed by atoms with van der Waals surface area (Å²) in [7, 11) is 0. The number of ketones is 1. The van der Waals surface area contributed by atoms with Crippen LogP contribution >= 0.6 is 0 Å². The van der Waals surface area contributed by atoms with E-state index in [-0.39, 0.29) is 23.7 Å². The maximum atomic E-state index is 12.0. The monoisotopic (exact) mass is 278 g/mol. The molecule has 0 unspecified atom stereocenters. The molecule has 0 aromatic heterocycles. The van der Waals surface area contributed by atoms with E-state index in [9.17, 15) is 9.90 Å². The van der Waals surface area contributed by atoms with Gasteiger partial charge in [0.1, 0.15) is 18.1 Å². The third-order valence-electron chi connectivity index (χ3n) is 2.78. The van der Waals surface area contributed by atoms with Gasteiger partial charge >= 0.3 is 0 Å². The Morgan fingerprint density at radius 1 is 1.24 bits per heavy atom. The van der Waals surface area contributed by atoms with Crippen LogP contribution in [0.25, 0.3) is 6.08 Å². The van der Waals surface area contributed by atoms with Crippen LogP contribution in [0.1, 0.15) is 15.9 Å². The second-order valence-corrected chi connectivity index (χ2v) is 4.28. The normalized spacial score (nSPS) is 10.2. The van der Waals surface area contributed by atoms with Gasteiger partial charge in [-0.1, -0.05) is 42.3 Å². The minimum absolute atomic E-state index is 0.112. The van der Waals surface area contributed by atoms with E-state index in [2.05, 4.69) is 5.92 Å². The van der Waals surface area contributed by atoms with Crippen LogP contribution < -0.4 is 4.74 Å². The maximum Gasteiger partial charge on any atom is 0.189 e. The molecule has 0 aliphatic heterocycles. The molecule has 2 aromatic carbocycles. The predicted octanol–water partition coefficient (Wildman–Crippen LogP) is 3.30. The highest BCUT2D eigenvalue weighted by Gasteiger charge is 2.09. The maximum absolute atomic E-state index is 12.0. The zero-order chi connectivity index (χ0) is 15.1. The smallest absolute Gasteiger partial charge is 0.189 e. The van der Waals surface area contributed by atoms with Gasteiger partial charge in [-0.2, -0.15) is 0 Å². The predicted molar refractivity (Wildman–Crippen MR) is 82.2 cm³/mol. The van der Waals surface area contributed by atoms with Crippen molar-refractivity contribution in [2.45, 2.75) is 0 Å². The molecule has 0 aliphatic carbocycles. The lowest BCUT2D eigenvalue weighted by Gasteiger charge is -2.05. The zero-order valence-corrected chi connectivity index (χ0v) is 11.3. The van der Waals surface area contributed by atoms with E-state index >= 15 is 0 Å². The summed E-state index contributed by atoms with van der Waals surface area (Å²) in [5.41, 5.74) is 1.13. The van der Waals surface area contributed by atoms with Crippen LogP contribution in [0.15, 0.2) is 54.6 Å². The molecule has 0 saturated carbocycles. The summed E-state index contributed by atoms with van der Waals surface area (Å²) in [6.07, 6.45) is 8.21. The fourth-order valence-electron chi connectivity index (χ4n) is 1.76. The van der Waals surface area contributed by atoms with Crippen molar-refractivity contribution in [2.75, 3.05) is 6.61 Å². The lowest BCUT2D eigenvalue weighted by molar-refractivity contribution is 0.104. The van der Waals surface area contributed by atoms with E-state index in [1.165, 1.54) is 18.2 Å². The van der Waals surface area contributed by atoms with Crippen molar-refractivity contribution < 1.29 is 14.6 Å². The third-order valence-corrected chi connectivity index (χ3v) is 2.78. The van der Waals surface area contributed by atoms with Gasteiger partial charge < -0.3 is 9.84 Å². The number of carbonyl (C=O) groups excluding carboxylic acids is 1. The van der Waals surface area contributed by atoms with Crippen molar-refractivity contribution in [1.29, 1.82) is 0 Å². The number of phenolic OH excluding ortho intramolecular Hbond substituents is 1. The number of ether oxygens (including phenoxy) is 1. The molecular weight excluding hydrogens is 264 g/mol. The summed E-state index contributed by atoms with van der Waals surface area (Å²) in [5.74, 6) is 2.34. The number of aromatic hydroxyl groups is 1.